The molecular formula is C12H12ClN5S. The topological polar surface area (TPSA) is 90.2 Å². The molecule has 0 bridgehead atoms. The summed E-state index contributed by atoms with van der Waals surface area (Å²) in [5.74, 6) is 0. The maximum absolute atomic E-state index is 6.29. The Bertz CT molecular complexity index is 647. The molecule has 2 aromatic heterocycles. The highest BCUT2D eigenvalue weighted by molar-refractivity contribution is 7.18. The lowest BCUT2D eigenvalue weighted by Crippen LogP contribution is -2.55. The molecule has 0 radical (unpaired) electrons. The van der Waals surface area contributed by atoms with Gasteiger partial charge in [-0.05, 0) is 12.1 Å². The van der Waals surface area contributed by atoms with Crippen molar-refractivity contribution in [1.29, 1.82) is 0 Å². The van der Waals surface area contributed by atoms with Crippen molar-refractivity contribution in [3.8, 4) is 0 Å². The van der Waals surface area contributed by atoms with Gasteiger partial charge in [0.25, 0.3) is 0 Å². The molecule has 0 aromatic carbocycles. The second-order valence-corrected chi connectivity index (χ2v) is 5.97. The van der Waals surface area contributed by atoms with E-state index in [-0.39, 0.29) is 0 Å². The lowest BCUT2D eigenvalue weighted by molar-refractivity contribution is 0.425. The van der Waals surface area contributed by atoms with Crippen LogP contribution >= 0.6 is 22.9 Å². The predicted molar refractivity (Wildman–Crippen MR) is 78.4 cm³/mol. The molecule has 5 nitrogen and oxygen atoms in total. The Hall–Kier alpha value is -1.34. The number of hydrogen-bond donors (Lipinski definition) is 2. The van der Waals surface area contributed by atoms with Gasteiger partial charge in [-0.25, -0.2) is 4.98 Å². The van der Waals surface area contributed by atoms with Crippen molar-refractivity contribution in [2.45, 2.75) is 18.1 Å². The first kappa shape index (κ1) is 12.7. The number of dihydropyridines is 1. The molecule has 0 amide bonds. The number of nitrogens with zero attached hydrogens (tertiary/aromatic N) is 3. The van der Waals surface area contributed by atoms with E-state index in [0.717, 1.165) is 15.2 Å². The van der Waals surface area contributed by atoms with Crippen molar-refractivity contribution in [3.63, 3.8) is 0 Å². The van der Waals surface area contributed by atoms with Crippen LogP contribution in [0.2, 0.25) is 0 Å². The van der Waals surface area contributed by atoms with Gasteiger partial charge in [-0.1, -0.05) is 17.7 Å². The zero-order valence-corrected chi connectivity index (χ0v) is 11.5. The van der Waals surface area contributed by atoms with Gasteiger partial charge in [0.1, 0.15) is 11.3 Å². The average Bonchev–Trinajstić information content (AvgIpc) is 2.76. The van der Waals surface area contributed by atoms with Crippen LogP contribution in [-0.2, 0) is 6.42 Å². The van der Waals surface area contributed by atoms with Gasteiger partial charge >= 0.3 is 0 Å². The third-order valence-corrected chi connectivity index (χ3v) is 4.30. The van der Waals surface area contributed by atoms with Gasteiger partial charge in [-0.2, -0.15) is 0 Å². The van der Waals surface area contributed by atoms with Gasteiger partial charge in [-0.3, -0.25) is 9.98 Å². The molecule has 2 unspecified atom stereocenters. The van der Waals surface area contributed by atoms with Crippen LogP contribution in [0.25, 0.3) is 10.2 Å². The molecule has 3 heterocycles. The minimum Gasteiger partial charge on any atom is -0.319 e. The summed E-state index contributed by atoms with van der Waals surface area (Å²) in [6, 6.07) is 1.94. The molecular weight excluding hydrogens is 282 g/mol. The largest absolute Gasteiger partial charge is 0.319 e. The molecule has 4 N–H and O–H groups in total. The zero-order valence-electron chi connectivity index (χ0n) is 9.95. The summed E-state index contributed by atoms with van der Waals surface area (Å²) >= 11 is 7.40. The fraction of sp³-hybridized carbons (Fsp3) is 0.250. The highest BCUT2D eigenvalue weighted by atomic mass is 35.5. The van der Waals surface area contributed by atoms with Crippen molar-refractivity contribution in [2.75, 3.05) is 0 Å². The Morgan fingerprint density at radius 3 is 3.05 bits per heavy atom. The number of halogens is 1. The van der Waals surface area contributed by atoms with E-state index >= 15 is 0 Å². The minimum absolute atomic E-state index is 0.377. The van der Waals surface area contributed by atoms with Crippen LogP contribution in [0.15, 0.2) is 35.6 Å². The lowest BCUT2D eigenvalue weighted by atomic mass is 9.91. The summed E-state index contributed by atoms with van der Waals surface area (Å²) in [5.41, 5.74) is 12.4. The van der Waals surface area contributed by atoms with Gasteiger partial charge in [-0.15, -0.1) is 11.3 Å². The normalized spacial score (nSPS) is 26.7. The third-order valence-electron chi connectivity index (χ3n) is 3.04. The van der Waals surface area contributed by atoms with E-state index < -0.39 is 11.7 Å². The van der Waals surface area contributed by atoms with Gasteiger partial charge in [0.15, 0.2) is 0 Å². The summed E-state index contributed by atoms with van der Waals surface area (Å²) < 4.78 is 1.09. The molecule has 0 saturated carbocycles. The second kappa shape index (κ2) is 4.64. The molecule has 3 rings (SSSR count). The minimum atomic E-state index is -0.750. The molecule has 0 fully saturated rings. The fourth-order valence-corrected chi connectivity index (χ4v) is 3.17. The molecule has 2 atom stereocenters. The van der Waals surface area contributed by atoms with Gasteiger partial charge < -0.3 is 11.5 Å². The molecule has 1 aliphatic rings. The number of fused-ring (bicyclic) bond motifs is 1. The Morgan fingerprint density at radius 1 is 1.47 bits per heavy atom. The smallest absolute Gasteiger partial charge is 0.125 e. The summed E-state index contributed by atoms with van der Waals surface area (Å²) in [4.78, 5) is 12.7. The Morgan fingerprint density at radius 2 is 2.32 bits per heavy atom. The van der Waals surface area contributed by atoms with E-state index in [0.29, 0.717) is 11.6 Å². The van der Waals surface area contributed by atoms with Gasteiger partial charge in [0, 0.05) is 12.6 Å². The maximum Gasteiger partial charge on any atom is 0.125 e. The molecule has 7 heteroatoms. The monoisotopic (exact) mass is 293 g/mol. The van der Waals surface area contributed by atoms with Crippen molar-refractivity contribution < 1.29 is 0 Å². The number of pyridine rings is 1. The summed E-state index contributed by atoms with van der Waals surface area (Å²) in [7, 11) is 0. The van der Waals surface area contributed by atoms with Crippen LogP contribution in [0.4, 0.5) is 0 Å². The number of rotatable bonds is 2. The highest BCUT2D eigenvalue weighted by Gasteiger charge is 2.33. The zero-order chi connectivity index (χ0) is 13.5. The summed E-state index contributed by atoms with van der Waals surface area (Å²) in [6.07, 6.45) is 6.94. The number of aromatic nitrogens is 2. The van der Waals surface area contributed by atoms with Crippen LogP contribution in [0, 0.1) is 0 Å². The summed E-state index contributed by atoms with van der Waals surface area (Å²) in [5, 5.41) is 1.29. The molecule has 0 aliphatic carbocycles. The average molecular weight is 294 g/mol. The fourth-order valence-electron chi connectivity index (χ4n) is 1.95. The molecule has 1 aliphatic heterocycles. The molecule has 98 valence electrons. The Balaban J connectivity index is 1.90. The van der Waals surface area contributed by atoms with Crippen LogP contribution < -0.4 is 11.5 Å². The van der Waals surface area contributed by atoms with E-state index in [1.807, 2.05) is 6.07 Å². The molecule has 0 saturated heterocycles. The van der Waals surface area contributed by atoms with E-state index in [9.17, 15) is 0 Å². The third kappa shape index (κ3) is 2.40. The van der Waals surface area contributed by atoms with Gasteiger partial charge in [0.05, 0.1) is 27.0 Å². The number of nitrogens with two attached hydrogens (primary N) is 2. The predicted octanol–water partition coefficient (Wildman–Crippen LogP) is 1.42. The quantitative estimate of drug-likeness (QED) is 0.876. The van der Waals surface area contributed by atoms with Crippen molar-refractivity contribution >= 4 is 38.3 Å². The molecule has 2 aromatic rings. The first-order valence-electron chi connectivity index (χ1n) is 5.73. The second-order valence-electron chi connectivity index (χ2n) is 4.47. The van der Waals surface area contributed by atoms with Crippen molar-refractivity contribution in [2.24, 2.45) is 16.5 Å². The van der Waals surface area contributed by atoms with Crippen molar-refractivity contribution in [1.82, 2.24) is 9.97 Å². The molecule has 0 spiro atoms. The Labute approximate surface area is 119 Å². The van der Waals surface area contributed by atoms with Crippen LogP contribution in [0.1, 0.15) is 5.01 Å². The number of thiazole rings is 1. The maximum atomic E-state index is 6.29. The standard InChI is InChI=1S/C12H12ClN5S/c13-9-1-3-12(15,11(14)18-9)5-10-17-7-6-16-4-2-8(7)19-10/h1-4,6,11H,5,14-15H2. The first-order chi connectivity index (χ1) is 9.07. The Kier molecular flexibility index (Phi) is 3.10. The SMILES string of the molecule is NC1N=C(Cl)C=CC1(N)Cc1nc2cnccc2s1. The number of allylic oxidation sites excluding steroid dienone is 1. The first-order valence-corrected chi connectivity index (χ1v) is 6.93. The van der Waals surface area contributed by atoms with E-state index in [2.05, 4.69) is 15.0 Å². The van der Waals surface area contributed by atoms with Crippen LogP contribution in [0.3, 0.4) is 0 Å². The summed E-state index contributed by atoms with van der Waals surface area (Å²) in [6.45, 7) is 0. The number of aliphatic imine (C=N–C) groups is 1. The van der Waals surface area contributed by atoms with E-state index in [1.54, 1.807) is 35.9 Å². The van der Waals surface area contributed by atoms with Crippen LogP contribution in [0.5, 0.6) is 0 Å². The van der Waals surface area contributed by atoms with E-state index in [4.69, 9.17) is 23.1 Å². The molecule has 19 heavy (non-hydrogen) atoms. The van der Waals surface area contributed by atoms with Gasteiger partial charge in [0.2, 0.25) is 0 Å². The van der Waals surface area contributed by atoms with Crippen molar-refractivity contribution in [3.05, 3.63) is 35.6 Å². The number of hydrogen-bond acceptors (Lipinski definition) is 6. The van der Waals surface area contributed by atoms with Crippen LogP contribution in [-0.4, -0.2) is 26.8 Å². The lowest BCUT2D eigenvalue weighted by Gasteiger charge is -2.31. The highest BCUT2D eigenvalue weighted by Crippen LogP contribution is 2.26. The van der Waals surface area contributed by atoms with E-state index in [1.165, 1.54) is 0 Å².